The van der Waals surface area contributed by atoms with Crippen LogP contribution in [0.25, 0.3) is 5.57 Å². The monoisotopic (exact) mass is 265 g/mol. The van der Waals surface area contributed by atoms with Crippen LogP contribution in [0.2, 0.25) is 0 Å². The quantitative estimate of drug-likeness (QED) is 0.780. The molecule has 0 spiro atoms. The third-order valence-electron chi connectivity index (χ3n) is 3.66. The molecular weight excluding hydrogens is 242 g/mol. The van der Waals surface area contributed by atoms with E-state index in [1.165, 1.54) is 22.4 Å². The summed E-state index contributed by atoms with van der Waals surface area (Å²) in [5.74, 6) is 0. The third kappa shape index (κ3) is 3.30. The van der Waals surface area contributed by atoms with E-state index in [1.807, 2.05) is 6.07 Å². The second-order valence-corrected chi connectivity index (χ2v) is 4.98. The summed E-state index contributed by atoms with van der Waals surface area (Å²) in [4.78, 5) is 0. The smallest absolute Gasteiger partial charge is 0.0407 e. The molecule has 1 nitrogen and oxygen atoms in total. The Morgan fingerprint density at radius 3 is 2.05 bits per heavy atom. The number of rotatable bonds is 6. The van der Waals surface area contributed by atoms with Crippen LogP contribution >= 0.6 is 0 Å². The SMILES string of the molecule is C=C(CNc1c(CC)cccc1CC)c1ccccc1. The Labute approximate surface area is 122 Å². The topological polar surface area (TPSA) is 12.0 Å². The van der Waals surface area contributed by atoms with E-state index >= 15 is 0 Å². The zero-order chi connectivity index (χ0) is 14.4. The van der Waals surface area contributed by atoms with Crippen molar-refractivity contribution in [2.24, 2.45) is 0 Å². The number of benzene rings is 2. The van der Waals surface area contributed by atoms with Crippen LogP contribution in [-0.4, -0.2) is 6.54 Å². The fourth-order valence-corrected chi connectivity index (χ4v) is 2.44. The van der Waals surface area contributed by atoms with Gasteiger partial charge in [0, 0.05) is 12.2 Å². The van der Waals surface area contributed by atoms with Crippen molar-refractivity contribution in [1.29, 1.82) is 0 Å². The van der Waals surface area contributed by atoms with E-state index in [9.17, 15) is 0 Å². The maximum Gasteiger partial charge on any atom is 0.0407 e. The Hall–Kier alpha value is -2.02. The summed E-state index contributed by atoms with van der Waals surface area (Å²) in [7, 11) is 0. The van der Waals surface area contributed by atoms with Crippen molar-refractivity contribution in [2.75, 3.05) is 11.9 Å². The molecule has 0 aliphatic carbocycles. The van der Waals surface area contributed by atoms with E-state index in [4.69, 9.17) is 0 Å². The van der Waals surface area contributed by atoms with Crippen molar-refractivity contribution in [2.45, 2.75) is 26.7 Å². The minimum atomic E-state index is 0.786. The van der Waals surface area contributed by atoms with Crippen LogP contribution in [0.3, 0.4) is 0 Å². The number of anilines is 1. The van der Waals surface area contributed by atoms with Gasteiger partial charge in [-0.2, -0.15) is 0 Å². The van der Waals surface area contributed by atoms with Gasteiger partial charge in [-0.05, 0) is 35.1 Å². The molecule has 0 fully saturated rings. The molecule has 0 bridgehead atoms. The van der Waals surface area contributed by atoms with Crippen LogP contribution < -0.4 is 5.32 Å². The molecule has 0 atom stereocenters. The molecule has 2 aromatic rings. The lowest BCUT2D eigenvalue weighted by molar-refractivity contribution is 1.08. The van der Waals surface area contributed by atoms with Crippen LogP contribution in [0.15, 0.2) is 55.1 Å². The fourth-order valence-electron chi connectivity index (χ4n) is 2.44. The molecule has 1 heteroatoms. The number of hydrogen-bond acceptors (Lipinski definition) is 1. The molecule has 0 aromatic heterocycles. The van der Waals surface area contributed by atoms with Gasteiger partial charge in [-0.1, -0.05) is 69.0 Å². The van der Waals surface area contributed by atoms with Crippen LogP contribution in [0, 0.1) is 0 Å². The Morgan fingerprint density at radius 1 is 0.900 bits per heavy atom. The summed E-state index contributed by atoms with van der Waals surface area (Å²) < 4.78 is 0. The molecular formula is C19H23N. The van der Waals surface area contributed by atoms with E-state index in [0.717, 1.165) is 25.0 Å². The van der Waals surface area contributed by atoms with Crippen LogP contribution in [0.5, 0.6) is 0 Å². The summed E-state index contributed by atoms with van der Waals surface area (Å²) in [6.07, 6.45) is 2.10. The highest BCUT2D eigenvalue weighted by molar-refractivity contribution is 5.69. The minimum Gasteiger partial charge on any atom is -0.381 e. The summed E-state index contributed by atoms with van der Waals surface area (Å²) in [5, 5.41) is 3.58. The van der Waals surface area contributed by atoms with Gasteiger partial charge in [-0.15, -0.1) is 0 Å². The highest BCUT2D eigenvalue weighted by Crippen LogP contribution is 2.23. The van der Waals surface area contributed by atoms with Crippen LogP contribution in [0.1, 0.15) is 30.5 Å². The van der Waals surface area contributed by atoms with Gasteiger partial charge in [0.05, 0.1) is 0 Å². The molecule has 0 aliphatic heterocycles. The molecule has 2 aromatic carbocycles. The van der Waals surface area contributed by atoms with Crippen molar-refractivity contribution in [3.63, 3.8) is 0 Å². The molecule has 0 saturated heterocycles. The Balaban J connectivity index is 2.13. The van der Waals surface area contributed by atoms with Crippen molar-refractivity contribution < 1.29 is 0 Å². The van der Waals surface area contributed by atoms with Crippen molar-refractivity contribution in [3.05, 3.63) is 71.8 Å². The summed E-state index contributed by atoms with van der Waals surface area (Å²) >= 11 is 0. The second kappa shape index (κ2) is 6.95. The molecule has 0 radical (unpaired) electrons. The van der Waals surface area contributed by atoms with Gasteiger partial charge in [-0.25, -0.2) is 0 Å². The van der Waals surface area contributed by atoms with Gasteiger partial charge in [0.15, 0.2) is 0 Å². The van der Waals surface area contributed by atoms with Gasteiger partial charge in [0.2, 0.25) is 0 Å². The number of para-hydroxylation sites is 1. The van der Waals surface area contributed by atoms with Crippen molar-refractivity contribution in [1.82, 2.24) is 0 Å². The molecule has 104 valence electrons. The van der Waals surface area contributed by atoms with E-state index in [2.05, 4.69) is 68.2 Å². The maximum absolute atomic E-state index is 4.19. The third-order valence-corrected chi connectivity index (χ3v) is 3.66. The van der Waals surface area contributed by atoms with Crippen LogP contribution in [0.4, 0.5) is 5.69 Å². The Morgan fingerprint density at radius 2 is 1.50 bits per heavy atom. The summed E-state index contributed by atoms with van der Waals surface area (Å²) in [6, 6.07) is 16.9. The number of nitrogens with one attached hydrogen (secondary N) is 1. The lowest BCUT2D eigenvalue weighted by Gasteiger charge is -2.16. The highest BCUT2D eigenvalue weighted by Gasteiger charge is 2.06. The zero-order valence-corrected chi connectivity index (χ0v) is 12.4. The van der Waals surface area contributed by atoms with Crippen LogP contribution in [-0.2, 0) is 12.8 Å². The van der Waals surface area contributed by atoms with Gasteiger partial charge in [0.25, 0.3) is 0 Å². The maximum atomic E-state index is 4.19. The van der Waals surface area contributed by atoms with Gasteiger partial charge in [-0.3, -0.25) is 0 Å². The number of aryl methyl sites for hydroxylation is 2. The van der Waals surface area contributed by atoms with E-state index in [0.29, 0.717) is 0 Å². The lowest BCUT2D eigenvalue weighted by atomic mass is 10.0. The lowest BCUT2D eigenvalue weighted by Crippen LogP contribution is -2.08. The average Bonchev–Trinajstić information content (AvgIpc) is 2.52. The molecule has 0 saturated carbocycles. The predicted molar refractivity (Wildman–Crippen MR) is 89.2 cm³/mol. The largest absolute Gasteiger partial charge is 0.381 e. The first-order chi connectivity index (χ1) is 9.76. The molecule has 1 N–H and O–H groups in total. The standard InChI is InChI=1S/C19H23N/c1-4-16-12-9-13-17(5-2)19(16)20-14-15(3)18-10-7-6-8-11-18/h6-13,20H,3-5,14H2,1-2H3. The highest BCUT2D eigenvalue weighted by atomic mass is 14.9. The first-order valence-corrected chi connectivity index (χ1v) is 7.34. The molecule has 0 aliphatic rings. The van der Waals surface area contributed by atoms with Gasteiger partial charge >= 0.3 is 0 Å². The van der Waals surface area contributed by atoms with Crippen molar-refractivity contribution >= 4 is 11.3 Å². The predicted octanol–water partition coefficient (Wildman–Crippen LogP) is 4.94. The van der Waals surface area contributed by atoms with E-state index in [1.54, 1.807) is 0 Å². The first kappa shape index (κ1) is 14.4. The fraction of sp³-hybridized carbons (Fsp3) is 0.263. The normalized spacial score (nSPS) is 10.3. The molecule has 0 amide bonds. The minimum absolute atomic E-state index is 0.786. The summed E-state index contributed by atoms with van der Waals surface area (Å²) in [5.41, 5.74) is 6.37. The van der Waals surface area contributed by atoms with E-state index < -0.39 is 0 Å². The zero-order valence-electron chi connectivity index (χ0n) is 12.4. The van der Waals surface area contributed by atoms with Gasteiger partial charge in [0.1, 0.15) is 0 Å². The average molecular weight is 265 g/mol. The Bertz CT molecular complexity index is 547. The second-order valence-electron chi connectivity index (χ2n) is 4.98. The molecule has 0 unspecified atom stereocenters. The molecule has 0 heterocycles. The Kier molecular flexibility index (Phi) is 5.00. The first-order valence-electron chi connectivity index (χ1n) is 7.34. The van der Waals surface area contributed by atoms with E-state index in [-0.39, 0.29) is 0 Å². The molecule has 20 heavy (non-hydrogen) atoms. The van der Waals surface area contributed by atoms with Gasteiger partial charge < -0.3 is 5.32 Å². The van der Waals surface area contributed by atoms with Crippen molar-refractivity contribution in [3.8, 4) is 0 Å². The number of hydrogen-bond donors (Lipinski definition) is 1. The summed E-state index contributed by atoms with van der Waals surface area (Å²) in [6.45, 7) is 9.37. The molecule has 2 rings (SSSR count).